The zero-order valence-electron chi connectivity index (χ0n) is 14.7. The van der Waals surface area contributed by atoms with Gasteiger partial charge in [0.15, 0.2) is 0 Å². The van der Waals surface area contributed by atoms with Crippen molar-refractivity contribution in [1.29, 1.82) is 0 Å². The maximum Gasteiger partial charge on any atom is 0.312 e. The molecule has 1 aromatic carbocycles. The van der Waals surface area contributed by atoms with Crippen LogP contribution in [-0.4, -0.2) is 60.4 Å². The lowest BCUT2D eigenvalue weighted by molar-refractivity contribution is -0.154. The van der Waals surface area contributed by atoms with E-state index in [1.54, 1.807) is 9.80 Å². The molecule has 2 amide bonds. The molecule has 1 atom stereocenters. The third kappa shape index (κ3) is 3.55. The van der Waals surface area contributed by atoms with E-state index < -0.39 is 0 Å². The molecule has 0 aliphatic carbocycles. The molecule has 24 heavy (non-hydrogen) atoms. The van der Waals surface area contributed by atoms with Crippen LogP contribution in [0, 0.1) is 6.92 Å². The lowest BCUT2D eigenvalue weighted by Gasteiger charge is -2.38. The quantitative estimate of drug-likeness (QED) is 0.741. The Morgan fingerprint density at radius 3 is 2.42 bits per heavy atom. The Morgan fingerprint density at radius 2 is 1.75 bits per heavy atom. The van der Waals surface area contributed by atoms with Crippen LogP contribution in [0.25, 0.3) is 0 Å². The van der Waals surface area contributed by atoms with Crippen LogP contribution < -0.4 is 4.90 Å². The third-order valence-electron chi connectivity index (χ3n) is 5.18. The standard InChI is InChI=1S/C19H27N3O2/c1-15-6-5-8-17(14-15)20-10-12-21(13-11-20)18(23)19(24)22-9-4-3-7-16(22)2/h5-6,8,14,16H,3-4,7,9-13H2,1-2H3. The largest absolute Gasteiger partial charge is 0.368 e. The number of aryl methyl sites for hydroxylation is 1. The normalized spacial score (nSPS) is 21.8. The van der Waals surface area contributed by atoms with Crippen molar-refractivity contribution >= 4 is 17.5 Å². The highest BCUT2D eigenvalue weighted by Crippen LogP contribution is 2.20. The Balaban J connectivity index is 1.58. The Bertz CT molecular complexity index is 608. The fourth-order valence-electron chi connectivity index (χ4n) is 3.65. The summed E-state index contributed by atoms with van der Waals surface area (Å²) in [6.07, 6.45) is 3.15. The van der Waals surface area contributed by atoms with Gasteiger partial charge in [-0.05, 0) is 50.8 Å². The molecule has 2 saturated heterocycles. The molecular weight excluding hydrogens is 302 g/mol. The predicted molar refractivity (Wildman–Crippen MR) is 95.0 cm³/mol. The highest BCUT2D eigenvalue weighted by Gasteiger charge is 2.32. The number of piperazine rings is 1. The van der Waals surface area contributed by atoms with Gasteiger partial charge in [-0.1, -0.05) is 12.1 Å². The van der Waals surface area contributed by atoms with Crippen molar-refractivity contribution in [3.05, 3.63) is 29.8 Å². The molecule has 2 aliphatic heterocycles. The highest BCUT2D eigenvalue weighted by atomic mass is 16.2. The van der Waals surface area contributed by atoms with Crippen molar-refractivity contribution in [3.8, 4) is 0 Å². The fraction of sp³-hybridized carbons (Fsp3) is 0.579. The minimum Gasteiger partial charge on any atom is -0.368 e. The molecule has 0 bridgehead atoms. The average Bonchev–Trinajstić information content (AvgIpc) is 2.61. The van der Waals surface area contributed by atoms with E-state index in [0.29, 0.717) is 13.1 Å². The lowest BCUT2D eigenvalue weighted by Crippen LogP contribution is -2.55. The van der Waals surface area contributed by atoms with E-state index in [1.165, 1.54) is 11.3 Å². The summed E-state index contributed by atoms with van der Waals surface area (Å²) >= 11 is 0. The van der Waals surface area contributed by atoms with E-state index in [4.69, 9.17) is 0 Å². The van der Waals surface area contributed by atoms with Gasteiger partial charge in [-0.25, -0.2) is 0 Å². The van der Waals surface area contributed by atoms with Gasteiger partial charge in [-0.15, -0.1) is 0 Å². The summed E-state index contributed by atoms with van der Waals surface area (Å²) < 4.78 is 0. The minimum absolute atomic E-state index is 0.184. The summed E-state index contributed by atoms with van der Waals surface area (Å²) in [5, 5.41) is 0. The SMILES string of the molecule is Cc1cccc(N2CCN(C(=O)C(=O)N3CCCCC3C)CC2)c1. The number of rotatable bonds is 1. The molecular formula is C19H27N3O2. The van der Waals surface area contributed by atoms with Gasteiger partial charge < -0.3 is 14.7 Å². The predicted octanol–water partition coefficient (Wildman–Crippen LogP) is 2.04. The van der Waals surface area contributed by atoms with Crippen LogP contribution in [0.3, 0.4) is 0 Å². The van der Waals surface area contributed by atoms with Crippen molar-refractivity contribution in [3.63, 3.8) is 0 Å². The minimum atomic E-state index is -0.326. The van der Waals surface area contributed by atoms with Gasteiger partial charge in [0, 0.05) is 44.5 Å². The number of anilines is 1. The highest BCUT2D eigenvalue weighted by molar-refractivity contribution is 6.35. The van der Waals surface area contributed by atoms with E-state index in [9.17, 15) is 9.59 Å². The lowest BCUT2D eigenvalue weighted by atomic mass is 10.0. The van der Waals surface area contributed by atoms with Gasteiger partial charge in [0.05, 0.1) is 0 Å². The van der Waals surface area contributed by atoms with Crippen LogP contribution in [0.2, 0.25) is 0 Å². The number of carbonyl (C=O) groups excluding carboxylic acids is 2. The van der Waals surface area contributed by atoms with Gasteiger partial charge in [0.2, 0.25) is 0 Å². The summed E-state index contributed by atoms with van der Waals surface area (Å²) in [7, 11) is 0. The van der Waals surface area contributed by atoms with Gasteiger partial charge in [-0.2, -0.15) is 0 Å². The number of nitrogens with zero attached hydrogens (tertiary/aromatic N) is 3. The van der Waals surface area contributed by atoms with E-state index >= 15 is 0 Å². The molecule has 5 heteroatoms. The van der Waals surface area contributed by atoms with Crippen molar-refractivity contribution in [2.45, 2.75) is 39.2 Å². The van der Waals surface area contributed by atoms with Crippen LogP contribution in [0.1, 0.15) is 31.7 Å². The fourth-order valence-corrected chi connectivity index (χ4v) is 3.65. The first-order valence-corrected chi connectivity index (χ1v) is 8.98. The van der Waals surface area contributed by atoms with E-state index in [-0.39, 0.29) is 17.9 Å². The van der Waals surface area contributed by atoms with Crippen molar-refractivity contribution in [2.75, 3.05) is 37.6 Å². The number of carbonyl (C=O) groups is 2. The summed E-state index contributed by atoms with van der Waals surface area (Å²) in [4.78, 5) is 30.8. The molecule has 1 aromatic rings. The average molecular weight is 329 g/mol. The number of piperidine rings is 1. The summed E-state index contributed by atoms with van der Waals surface area (Å²) in [5.74, 6) is -0.640. The van der Waals surface area contributed by atoms with Gasteiger partial charge >= 0.3 is 11.8 Å². The topological polar surface area (TPSA) is 43.9 Å². The first kappa shape index (κ1) is 16.8. The van der Waals surface area contributed by atoms with E-state index in [2.05, 4.69) is 36.1 Å². The summed E-state index contributed by atoms with van der Waals surface area (Å²) in [6, 6.07) is 8.60. The molecule has 5 nitrogen and oxygen atoms in total. The number of hydrogen-bond donors (Lipinski definition) is 0. The Kier molecular flexibility index (Phi) is 5.07. The smallest absolute Gasteiger partial charge is 0.312 e. The number of benzene rings is 1. The number of amides is 2. The van der Waals surface area contributed by atoms with Crippen molar-refractivity contribution in [2.24, 2.45) is 0 Å². The third-order valence-corrected chi connectivity index (χ3v) is 5.18. The molecule has 1 unspecified atom stereocenters. The van der Waals surface area contributed by atoms with E-state index in [0.717, 1.165) is 38.9 Å². The Labute approximate surface area is 144 Å². The molecule has 0 spiro atoms. The Hall–Kier alpha value is -2.04. The molecule has 0 aromatic heterocycles. The molecule has 0 radical (unpaired) electrons. The van der Waals surface area contributed by atoms with Crippen LogP contribution >= 0.6 is 0 Å². The molecule has 2 fully saturated rings. The molecule has 2 aliphatic rings. The summed E-state index contributed by atoms with van der Waals surface area (Å²) in [5.41, 5.74) is 2.43. The van der Waals surface area contributed by atoms with Gasteiger partial charge in [-0.3, -0.25) is 9.59 Å². The molecule has 130 valence electrons. The maximum atomic E-state index is 12.6. The number of likely N-dealkylation sites (tertiary alicyclic amines) is 1. The van der Waals surface area contributed by atoms with Crippen LogP contribution in [0.5, 0.6) is 0 Å². The van der Waals surface area contributed by atoms with E-state index in [1.807, 2.05) is 6.92 Å². The zero-order valence-corrected chi connectivity index (χ0v) is 14.7. The number of hydrogen-bond acceptors (Lipinski definition) is 3. The second-order valence-corrected chi connectivity index (χ2v) is 6.96. The first-order chi connectivity index (χ1) is 11.6. The van der Waals surface area contributed by atoms with Crippen LogP contribution in [0.4, 0.5) is 5.69 Å². The second kappa shape index (κ2) is 7.24. The first-order valence-electron chi connectivity index (χ1n) is 8.98. The zero-order chi connectivity index (χ0) is 17.1. The molecule has 0 N–H and O–H groups in total. The molecule has 2 heterocycles. The monoisotopic (exact) mass is 329 g/mol. The van der Waals surface area contributed by atoms with Crippen LogP contribution in [-0.2, 0) is 9.59 Å². The van der Waals surface area contributed by atoms with Gasteiger partial charge in [0.25, 0.3) is 0 Å². The van der Waals surface area contributed by atoms with Crippen LogP contribution in [0.15, 0.2) is 24.3 Å². The molecule has 3 rings (SSSR count). The van der Waals surface area contributed by atoms with Crippen molar-refractivity contribution < 1.29 is 9.59 Å². The van der Waals surface area contributed by atoms with Crippen molar-refractivity contribution in [1.82, 2.24) is 9.80 Å². The second-order valence-electron chi connectivity index (χ2n) is 6.96. The molecule has 0 saturated carbocycles. The summed E-state index contributed by atoms with van der Waals surface area (Å²) in [6.45, 7) is 7.62. The van der Waals surface area contributed by atoms with Gasteiger partial charge in [0.1, 0.15) is 0 Å². The maximum absolute atomic E-state index is 12.6. The Morgan fingerprint density at radius 1 is 1.00 bits per heavy atom.